The molecule has 0 unspecified atom stereocenters. The highest BCUT2D eigenvalue weighted by molar-refractivity contribution is 6.05. The molecular weight excluding hydrogens is 598 g/mol. The van der Waals surface area contributed by atoms with Crippen molar-refractivity contribution in [2.75, 3.05) is 7.11 Å². The van der Waals surface area contributed by atoms with Crippen molar-refractivity contribution in [2.24, 2.45) is 44.8 Å². The number of ether oxygens (including phenoxy) is 1. The SMILES string of the molecule is COc1ccc(/C=C(\C#N)C(=O)N[C@]23CCC(C)(C)C[C@H]2[C@H]2C(=O)C=C4[C@@]5(C)C=C(C#N)C(=O)C(C)(C)[C@@H]5CC[C@@]4(C)[C@]2(C)CC3)cc1. The highest BCUT2D eigenvalue weighted by atomic mass is 16.5. The number of Topliss-reactive ketones (excluding diaryl/α,β-unsaturated/α-hetero) is 1. The first-order chi connectivity index (χ1) is 22.4. The maximum atomic E-state index is 14.8. The molecule has 48 heavy (non-hydrogen) atoms. The average Bonchev–Trinajstić information content (AvgIpc) is 3.03. The second-order valence-electron chi connectivity index (χ2n) is 17.3. The Hall–Kier alpha value is -3.97. The smallest absolute Gasteiger partial charge is 0.262 e. The Morgan fingerprint density at radius 3 is 2.25 bits per heavy atom. The molecule has 1 aromatic rings. The van der Waals surface area contributed by atoms with Crippen LogP contribution in [0.25, 0.3) is 6.08 Å². The standard InChI is InChI=1S/C41H49N3O4/c1-36(2)15-17-41(44-35(47)26(23-42)19-25-9-11-28(48-8)12-10-25)18-16-40(7)33(29(41)22-36)30(45)20-32-38(5)21-27(24-43)34(46)37(3,4)31(38)13-14-39(32,40)6/h9-12,19-21,29,31,33H,13-18,22H2,1-8H3,(H,44,47)/b26-19+/t29-,31-,33-,38-,39+,40+,41-/m0/s1. The Morgan fingerprint density at radius 2 is 1.62 bits per heavy atom. The van der Waals surface area contributed by atoms with E-state index in [1.54, 1.807) is 25.3 Å². The second kappa shape index (κ2) is 11.0. The van der Waals surface area contributed by atoms with Crippen LogP contribution in [0.1, 0.15) is 99.0 Å². The molecule has 0 saturated heterocycles. The fourth-order valence-electron chi connectivity index (χ4n) is 11.2. The van der Waals surface area contributed by atoms with Gasteiger partial charge in [0.1, 0.15) is 23.5 Å². The fourth-order valence-corrected chi connectivity index (χ4v) is 11.2. The topological polar surface area (TPSA) is 120 Å². The Bertz CT molecular complexity index is 1770. The summed E-state index contributed by atoms with van der Waals surface area (Å²) in [5.74, 6) is -0.157. The molecule has 5 aliphatic rings. The lowest BCUT2D eigenvalue weighted by Crippen LogP contribution is -2.69. The largest absolute Gasteiger partial charge is 0.497 e. The summed E-state index contributed by atoms with van der Waals surface area (Å²) in [6.45, 7) is 15.2. The number of ketones is 2. The van der Waals surface area contributed by atoms with Gasteiger partial charge in [-0.15, -0.1) is 0 Å². The van der Waals surface area contributed by atoms with Gasteiger partial charge in [-0.05, 0) is 103 Å². The third-order valence-corrected chi connectivity index (χ3v) is 14.0. The number of fused-ring (bicyclic) bond motifs is 7. The number of carbonyl (C=O) groups excluding carboxylic acids is 3. The van der Waals surface area contributed by atoms with E-state index >= 15 is 0 Å². The number of rotatable bonds is 4. The van der Waals surface area contributed by atoms with Gasteiger partial charge in [0, 0.05) is 22.3 Å². The molecule has 6 rings (SSSR count). The fraction of sp³-hybridized carbons (Fsp3) is 0.585. The first kappa shape index (κ1) is 33.9. The summed E-state index contributed by atoms with van der Waals surface area (Å²) in [4.78, 5) is 42.1. The summed E-state index contributed by atoms with van der Waals surface area (Å²) in [5.41, 5.74) is -0.642. The summed E-state index contributed by atoms with van der Waals surface area (Å²) in [6, 6.07) is 11.5. The number of hydrogen-bond acceptors (Lipinski definition) is 6. The lowest BCUT2D eigenvalue weighted by Gasteiger charge is -2.69. The Balaban J connectivity index is 1.42. The Labute approximate surface area is 285 Å². The zero-order valence-corrected chi connectivity index (χ0v) is 29.8. The van der Waals surface area contributed by atoms with Crippen LogP contribution in [0.5, 0.6) is 5.75 Å². The monoisotopic (exact) mass is 647 g/mol. The molecule has 5 aliphatic carbocycles. The van der Waals surface area contributed by atoms with Crippen molar-refractivity contribution >= 4 is 23.5 Å². The van der Waals surface area contributed by atoms with Crippen LogP contribution < -0.4 is 10.1 Å². The molecule has 0 aliphatic heterocycles. The molecule has 252 valence electrons. The third kappa shape index (κ3) is 4.75. The molecular formula is C41H49N3O4. The summed E-state index contributed by atoms with van der Waals surface area (Å²) in [7, 11) is 1.59. The van der Waals surface area contributed by atoms with Crippen molar-refractivity contribution in [3.8, 4) is 17.9 Å². The second-order valence-corrected chi connectivity index (χ2v) is 17.3. The summed E-state index contributed by atoms with van der Waals surface area (Å²) in [6.07, 6.45) is 11.0. The zero-order valence-electron chi connectivity index (χ0n) is 29.8. The van der Waals surface area contributed by atoms with Crippen LogP contribution in [0.2, 0.25) is 0 Å². The van der Waals surface area contributed by atoms with Crippen LogP contribution >= 0.6 is 0 Å². The number of nitrogens with zero attached hydrogens (tertiary/aromatic N) is 2. The highest BCUT2D eigenvalue weighted by Gasteiger charge is 2.70. The summed E-state index contributed by atoms with van der Waals surface area (Å²) < 4.78 is 5.25. The van der Waals surface area contributed by atoms with Gasteiger partial charge in [0.15, 0.2) is 11.6 Å². The van der Waals surface area contributed by atoms with Crippen molar-refractivity contribution in [3.63, 3.8) is 0 Å². The van der Waals surface area contributed by atoms with Crippen LogP contribution in [0, 0.1) is 67.5 Å². The van der Waals surface area contributed by atoms with Crippen LogP contribution in [0.3, 0.4) is 0 Å². The molecule has 0 radical (unpaired) electrons. The van der Waals surface area contributed by atoms with Gasteiger partial charge >= 0.3 is 0 Å². The van der Waals surface area contributed by atoms with E-state index < -0.39 is 27.7 Å². The first-order valence-corrected chi connectivity index (χ1v) is 17.4. The minimum Gasteiger partial charge on any atom is -0.497 e. The van der Waals surface area contributed by atoms with E-state index in [1.807, 2.05) is 38.1 Å². The van der Waals surface area contributed by atoms with E-state index in [-0.39, 0.29) is 51.3 Å². The predicted molar refractivity (Wildman–Crippen MR) is 184 cm³/mol. The number of nitriles is 2. The number of amides is 1. The van der Waals surface area contributed by atoms with Gasteiger partial charge in [0.05, 0.1) is 12.7 Å². The molecule has 1 amide bonds. The van der Waals surface area contributed by atoms with E-state index in [9.17, 15) is 24.9 Å². The molecule has 7 nitrogen and oxygen atoms in total. The van der Waals surface area contributed by atoms with Crippen molar-refractivity contribution in [3.05, 3.63) is 58.7 Å². The van der Waals surface area contributed by atoms with Gasteiger partial charge in [0.25, 0.3) is 5.91 Å². The van der Waals surface area contributed by atoms with Crippen molar-refractivity contribution in [2.45, 2.75) is 99.0 Å². The molecule has 1 N–H and O–H groups in total. The van der Waals surface area contributed by atoms with Gasteiger partial charge < -0.3 is 10.1 Å². The number of carbonyl (C=O) groups is 3. The quantitative estimate of drug-likeness (QED) is 0.264. The average molecular weight is 648 g/mol. The number of hydrogen-bond donors (Lipinski definition) is 1. The number of nitrogens with one attached hydrogen (secondary N) is 1. The van der Waals surface area contributed by atoms with Gasteiger partial charge in [-0.25, -0.2) is 0 Å². The van der Waals surface area contributed by atoms with Crippen molar-refractivity contribution < 1.29 is 19.1 Å². The predicted octanol–water partition coefficient (Wildman–Crippen LogP) is 7.69. The molecule has 0 bridgehead atoms. The molecule has 0 aromatic heterocycles. The summed E-state index contributed by atoms with van der Waals surface area (Å²) >= 11 is 0. The van der Waals surface area contributed by atoms with E-state index in [2.05, 4.69) is 52.1 Å². The van der Waals surface area contributed by atoms with Gasteiger partial charge in [0.2, 0.25) is 0 Å². The number of methoxy groups -OCH3 is 1. The van der Waals surface area contributed by atoms with Crippen LogP contribution in [0.15, 0.2) is 53.1 Å². The summed E-state index contributed by atoms with van der Waals surface area (Å²) in [5, 5.41) is 23.5. The third-order valence-electron chi connectivity index (χ3n) is 14.0. The van der Waals surface area contributed by atoms with Gasteiger partial charge in [-0.3, -0.25) is 14.4 Å². The van der Waals surface area contributed by atoms with Crippen LogP contribution in [-0.4, -0.2) is 30.1 Å². The molecule has 3 saturated carbocycles. The van der Waals surface area contributed by atoms with Crippen LogP contribution in [-0.2, 0) is 14.4 Å². The van der Waals surface area contributed by atoms with E-state index in [0.29, 0.717) is 12.2 Å². The van der Waals surface area contributed by atoms with Gasteiger partial charge in [-0.2, -0.15) is 10.5 Å². The molecule has 7 atom stereocenters. The minimum atomic E-state index is -0.714. The maximum absolute atomic E-state index is 14.8. The number of benzene rings is 1. The molecule has 1 aromatic carbocycles. The van der Waals surface area contributed by atoms with Gasteiger partial charge in [-0.1, -0.05) is 72.2 Å². The lowest BCUT2D eigenvalue weighted by molar-refractivity contribution is -0.163. The molecule has 7 heteroatoms. The lowest BCUT2D eigenvalue weighted by atomic mass is 9.35. The molecule has 0 spiro atoms. The van der Waals surface area contributed by atoms with E-state index in [0.717, 1.165) is 49.7 Å². The Kier molecular flexibility index (Phi) is 7.79. The maximum Gasteiger partial charge on any atom is 0.262 e. The van der Waals surface area contributed by atoms with E-state index in [1.165, 1.54) is 0 Å². The van der Waals surface area contributed by atoms with Crippen LogP contribution in [0.4, 0.5) is 0 Å². The zero-order chi connectivity index (χ0) is 35.1. The molecule has 0 heterocycles. The first-order valence-electron chi connectivity index (χ1n) is 17.4. The molecule has 3 fully saturated rings. The highest BCUT2D eigenvalue weighted by Crippen LogP contribution is 2.73. The van der Waals surface area contributed by atoms with Crippen molar-refractivity contribution in [1.29, 1.82) is 10.5 Å². The van der Waals surface area contributed by atoms with E-state index in [4.69, 9.17) is 4.74 Å². The normalized spacial score (nSPS) is 38.0. The number of allylic oxidation sites excluding steroid dienone is 4. The van der Waals surface area contributed by atoms with Crippen molar-refractivity contribution in [1.82, 2.24) is 5.32 Å². The minimum absolute atomic E-state index is 0.0128. The Morgan fingerprint density at radius 1 is 0.958 bits per heavy atom.